The molecule has 150 valence electrons. The highest BCUT2D eigenvalue weighted by Gasteiger charge is 2.16. The van der Waals surface area contributed by atoms with Gasteiger partial charge in [-0.05, 0) is 49.7 Å². The maximum Gasteiger partial charge on any atom is 0.238 e. The number of methoxy groups -OCH3 is 1. The summed E-state index contributed by atoms with van der Waals surface area (Å²) in [5, 5.41) is 6.12. The summed E-state index contributed by atoms with van der Waals surface area (Å²) in [6.07, 6.45) is 0.820. The zero-order chi connectivity index (χ0) is 20.5. The van der Waals surface area contributed by atoms with Crippen LogP contribution in [0.15, 0.2) is 42.5 Å². The van der Waals surface area contributed by atoms with Gasteiger partial charge in [0.05, 0.1) is 36.6 Å². The van der Waals surface area contributed by atoms with Crippen molar-refractivity contribution in [2.24, 2.45) is 0 Å². The van der Waals surface area contributed by atoms with Crippen LogP contribution >= 0.6 is 11.6 Å². The molecule has 0 aromatic heterocycles. The number of hydrogen-bond donors (Lipinski definition) is 2. The molecule has 0 aliphatic rings. The molecular weight excluding hydrogens is 378 g/mol. The fourth-order valence-electron chi connectivity index (χ4n) is 2.79. The Balaban J connectivity index is 1.96. The van der Waals surface area contributed by atoms with E-state index in [1.54, 1.807) is 36.3 Å². The molecule has 0 aliphatic carbocycles. The van der Waals surface area contributed by atoms with E-state index in [0.717, 1.165) is 12.0 Å². The van der Waals surface area contributed by atoms with Crippen molar-refractivity contribution in [3.05, 3.63) is 53.1 Å². The van der Waals surface area contributed by atoms with E-state index in [1.165, 1.54) is 0 Å². The van der Waals surface area contributed by atoms with E-state index >= 15 is 0 Å². The number of amides is 2. The Morgan fingerprint density at radius 2 is 1.68 bits per heavy atom. The van der Waals surface area contributed by atoms with Crippen LogP contribution in [0.4, 0.5) is 11.4 Å². The molecule has 0 bridgehead atoms. The number of para-hydroxylation sites is 2. The number of carbonyl (C=O) groups excluding carboxylic acids is 2. The summed E-state index contributed by atoms with van der Waals surface area (Å²) in [4.78, 5) is 26.6. The third-order valence-electron chi connectivity index (χ3n) is 4.05. The van der Waals surface area contributed by atoms with E-state index in [-0.39, 0.29) is 24.9 Å². The standard InChI is InChI=1S/C21H26ClN3O3/c1-4-11-25(13-20(26)23-17-10-9-15(2)12-16(17)22)14-21(27)24-18-7-5-6-8-19(18)28-3/h5-10,12H,4,11,13-14H2,1-3H3,(H,23,26)(H,24,27). The quantitative estimate of drug-likeness (QED) is 0.665. The minimum Gasteiger partial charge on any atom is -0.495 e. The van der Waals surface area contributed by atoms with Gasteiger partial charge in [0.1, 0.15) is 5.75 Å². The van der Waals surface area contributed by atoms with Crippen LogP contribution in [0.1, 0.15) is 18.9 Å². The van der Waals surface area contributed by atoms with E-state index in [0.29, 0.717) is 28.7 Å². The molecule has 0 spiro atoms. The Labute approximate surface area is 170 Å². The van der Waals surface area contributed by atoms with Gasteiger partial charge in [-0.1, -0.05) is 36.7 Å². The fourth-order valence-corrected chi connectivity index (χ4v) is 3.07. The molecule has 0 saturated heterocycles. The normalized spacial score (nSPS) is 10.6. The maximum atomic E-state index is 12.4. The topological polar surface area (TPSA) is 70.7 Å². The van der Waals surface area contributed by atoms with Crippen molar-refractivity contribution < 1.29 is 14.3 Å². The number of nitrogens with one attached hydrogen (secondary N) is 2. The van der Waals surface area contributed by atoms with E-state index in [1.807, 2.05) is 32.0 Å². The maximum absolute atomic E-state index is 12.4. The second-order valence-electron chi connectivity index (χ2n) is 6.49. The van der Waals surface area contributed by atoms with Crippen LogP contribution in [0.5, 0.6) is 5.75 Å². The van der Waals surface area contributed by atoms with Gasteiger partial charge >= 0.3 is 0 Å². The molecule has 7 heteroatoms. The third-order valence-corrected chi connectivity index (χ3v) is 4.37. The van der Waals surface area contributed by atoms with Crippen LogP contribution < -0.4 is 15.4 Å². The molecule has 0 heterocycles. The molecule has 2 N–H and O–H groups in total. The number of anilines is 2. The average Bonchev–Trinajstić information content (AvgIpc) is 2.64. The van der Waals surface area contributed by atoms with Crippen LogP contribution in [0.3, 0.4) is 0 Å². The first-order valence-electron chi connectivity index (χ1n) is 9.14. The van der Waals surface area contributed by atoms with Crippen molar-refractivity contribution in [1.82, 2.24) is 4.90 Å². The predicted molar refractivity (Wildman–Crippen MR) is 113 cm³/mol. The molecule has 0 fully saturated rings. The highest BCUT2D eigenvalue weighted by atomic mass is 35.5. The lowest BCUT2D eigenvalue weighted by Gasteiger charge is -2.21. The molecule has 28 heavy (non-hydrogen) atoms. The largest absolute Gasteiger partial charge is 0.495 e. The Bertz CT molecular complexity index is 826. The van der Waals surface area contributed by atoms with E-state index in [2.05, 4.69) is 10.6 Å². The summed E-state index contributed by atoms with van der Waals surface area (Å²) < 4.78 is 5.24. The molecule has 2 rings (SSSR count). The summed E-state index contributed by atoms with van der Waals surface area (Å²) in [6.45, 7) is 4.74. The lowest BCUT2D eigenvalue weighted by molar-refractivity contribution is -0.120. The zero-order valence-corrected chi connectivity index (χ0v) is 17.2. The number of rotatable bonds is 9. The number of ether oxygens (including phenoxy) is 1. The molecule has 2 amide bonds. The predicted octanol–water partition coefficient (Wildman–Crippen LogP) is 3.95. The van der Waals surface area contributed by atoms with Gasteiger partial charge in [-0.15, -0.1) is 0 Å². The van der Waals surface area contributed by atoms with E-state index in [9.17, 15) is 9.59 Å². The van der Waals surface area contributed by atoms with Crippen LogP contribution in [0.25, 0.3) is 0 Å². The van der Waals surface area contributed by atoms with Crippen molar-refractivity contribution in [2.75, 3.05) is 37.4 Å². The molecule has 0 aliphatic heterocycles. The number of carbonyl (C=O) groups is 2. The number of aryl methyl sites for hydroxylation is 1. The molecule has 0 saturated carbocycles. The van der Waals surface area contributed by atoms with Crippen molar-refractivity contribution in [3.8, 4) is 5.75 Å². The Hall–Kier alpha value is -2.57. The summed E-state index contributed by atoms with van der Waals surface area (Å²) in [5.74, 6) is 0.160. The minimum absolute atomic E-state index is 0.0946. The van der Waals surface area contributed by atoms with Crippen molar-refractivity contribution in [2.45, 2.75) is 20.3 Å². The molecule has 6 nitrogen and oxygen atoms in total. The number of benzene rings is 2. The van der Waals surface area contributed by atoms with Crippen LogP contribution in [-0.2, 0) is 9.59 Å². The zero-order valence-electron chi connectivity index (χ0n) is 16.4. The van der Waals surface area contributed by atoms with Gasteiger partial charge in [-0.3, -0.25) is 14.5 Å². The highest BCUT2D eigenvalue weighted by molar-refractivity contribution is 6.33. The first-order valence-corrected chi connectivity index (χ1v) is 9.52. The van der Waals surface area contributed by atoms with Gasteiger partial charge in [0.15, 0.2) is 0 Å². The molecule has 2 aromatic carbocycles. The van der Waals surface area contributed by atoms with Gasteiger partial charge < -0.3 is 15.4 Å². The second kappa shape index (κ2) is 10.7. The van der Waals surface area contributed by atoms with E-state index in [4.69, 9.17) is 16.3 Å². The Morgan fingerprint density at radius 3 is 2.29 bits per heavy atom. The Morgan fingerprint density at radius 1 is 1.04 bits per heavy atom. The monoisotopic (exact) mass is 403 g/mol. The number of hydrogen-bond acceptors (Lipinski definition) is 4. The van der Waals surface area contributed by atoms with E-state index < -0.39 is 0 Å². The minimum atomic E-state index is -0.218. The SMILES string of the molecule is CCCN(CC(=O)Nc1ccc(C)cc1Cl)CC(=O)Nc1ccccc1OC. The third kappa shape index (κ3) is 6.55. The molecule has 0 unspecified atom stereocenters. The average molecular weight is 404 g/mol. The summed E-state index contributed by atoms with van der Waals surface area (Å²) in [6, 6.07) is 12.6. The first kappa shape index (κ1) is 21.7. The fraction of sp³-hybridized carbons (Fsp3) is 0.333. The smallest absolute Gasteiger partial charge is 0.238 e. The van der Waals surface area contributed by atoms with Crippen molar-refractivity contribution >= 4 is 34.8 Å². The summed E-state index contributed by atoms with van der Waals surface area (Å²) in [7, 11) is 1.55. The van der Waals surface area contributed by atoms with Crippen molar-refractivity contribution in [3.63, 3.8) is 0 Å². The van der Waals surface area contributed by atoms with Gasteiger partial charge in [0.2, 0.25) is 11.8 Å². The molecule has 0 radical (unpaired) electrons. The lowest BCUT2D eigenvalue weighted by atomic mass is 10.2. The summed E-state index contributed by atoms with van der Waals surface area (Å²) >= 11 is 6.17. The van der Waals surface area contributed by atoms with Crippen LogP contribution in [0.2, 0.25) is 5.02 Å². The van der Waals surface area contributed by atoms with Gasteiger partial charge in [-0.25, -0.2) is 0 Å². The first-order chi connectivity index (χ1) is 13.4. The van der Waals surface area contributed by atoms with Crippen LogP contribution in [0, 0.1) is 6.92 Å². The van der Waals surface area contributed by atoms with Crippen molar-refractivity contribution in [1.29, 1.82) is 0 Å². The number of nitrogens with zero attached hydrogens (tertiary/aromatic N) is 1. The van der Waals surface area contributed by atoms with Gasteiger partial charge in [0.25, 0.3) is 0 Å². The Kier molecular flexibility index (Phi) is 8.29. The molecule has 0 atom stereocenters. The van der Waals surface area contributed by atoms with Gasteiger partial charge in [0, 0.05) is 0 Å². The highest BCUT2D eigenvalue weighted by Crippen LogP contribution is 2.23. The molecular formula is C21H26ClN3O3. The molecule has 2 aromatic rings. The summed E-state index contributed by atoms with van der Waals surface area (Å²) in [5.41, 5.74) is 2.18. The second-order valence-corrected chi connectivity index (χ2v) is 6.90. The lowest BCUT2D eigenvalue weighted by Crippen LogP contribution is -2.39. The van der Waals surface area contributed by atoms with Gasteiger partial charge in [-0.2, -0.15) is 0 Å². The van der Waals surface area contributed by atoms with Crippen LogP contribution in [-0.4, -0.2) is 43.5 Å². The number of halogens is 1.